The second kappa shape index (κ2) is 7.29. The van der Waals surface area contributed by atoms with E-state index in [9.17, 15) is 9.59 Å². The molecular formula is C15H16ClNO5. The SMILES string of the molecule is COCCN(CC(=O)O)C(=O)C1=Cc2cc(Cl)ccc2OC1. The molecule has 0 spiro atoms. The maximum Gasteiger partial charge on any atom is 0.323 e. The molecule has 1 aromatic rings. The fourth-order valence-electron chi connectivity index (χ4n) is 2.09. The molecule has 7 heteroatoms. The van der Waals surface area contributed by atoms with Crippen molar-refractivity contribution in [3.05, 3.63) is 34.4 Å². The molecule has 0 saturated heterocycles. The number of nitrogens with zero attached hydrogens (tertiary/aromatic N) is 1. The van der Waals surface area contributed by atoms with Crippen LogP contribution < -0.4 is 4.74 Å². The first-order valence-corrected chi connectivity index (χ1v) is 7.02. The summed E-state index contributed by atoms with van der Waals surface area (Å²) < 4.78 is 10.4. The Kier molecular flexibility index (Phi) is 5.41. The Morgan fingerprint density at radius 3 is 2.91 bits per heavy atom. The molecule has 2 rings (SSSR count). The van der Waals surface area contributed by atoms with Gasteiger partial charge < -0.3 is 19.5 Å². The fraction of sp³-hybridized carbons (Fsp3) is 0.333. The van der Waals surface area contributed by atoms with Crippen LogP contribution in [0.3, 0.4) is 0 Å². The van der Waals surface area contributed by atoms with Gasteiger partial charge in [0.2, 0.25) is 0 Å². The third-order valence-electron chi connectivity index (χ3n) is 3.14. The molecule has 0 saturated carbocycles. The number of fused-ring (bicyclic) bond motifs is 1. The zero-order valence-corrected chi connectivity index (χ0v) is 12.8. The molecule has 0 bridgehead atoms. The second-order valence-corrected chi connectivity index (χ2v) is 5.19. The first kappa shape index (κ1) is 16.3. The van der Waals surface area contributed by atoms with E-state index in [-0.39, 0.29) is 32.2 Å². The summed E-state index contributed by atoms with van der Waals surface area (Å²) in [5, 5.41) is 9.46. The highest BCUT2D eigenvalue weighted by Gasteiger charge is 2.23. The van der Waals surface area contributed by atoms with Gasteiger partial charge in [0.25, 0.3) is 5.91 Å². The maximum absolute atomic E-state index is 12.5. The van der Waals surface area contributed by atoms with E-state index >= 15 is 0 Å². The fourth-order valence-corrected chi connectivity index (χ4v) is 2.27. The number of aliphatic carboxylic acids is 1. The molecule has 1 aliphatic heterocycles. The van der Waals surface area contributed by atoms with Crippen LogP contribution in [0.5, 0.6) is 5.75 Å². The van der Waals surface area contributed by atoms with Crippen molar-refractivity contribution >= 4 is 29.6 Å². The van der Waals surface area contributed by atoms with E-state index in [0.717, 1.165) is 0 Å². The van der Waals surface area contributed by atoms with Gasteiger partial charge >= 0.3 is 5.97 Å². The van der Waals surface area contributed by atoms with Gasteiger partial charge in [0, 0.05) is 24.2 Å². The van der Waals surface area contributed by atoms with Crippen LogP contribution in [0.25, 0.3) is 6.08 Å². The molecule has 0 fully saturated rings. The van der Waals surface area contributed by atoms with Crippen molar-refractivity contribution in [2.75, 3.05) is 33.4 Å². The minimum atomic E-state index is -1.08. The number of carbonyl (C=O) groups excluding carboxylic acids is 1. The normalized spacial score (nSPS) is 12.9. The zero-order chi connectivity index (χ0) is 16.1. The maximum atomic E-state index is 12.5. The van der Waals surface area contributed by atoms with Crippen LogP contribution in [0.15, 0.2) is 23.8 Å². The van der Waals surface area contributed by atoms with Crippen molar-refractivity contribution < 1.29 is 24.2 Å². The number of ether oxygens (including phenoxy) is 2. The Labute approximate surface area is 132 Å². The van der Waals surface area contributed by atoms with E-state index in [0.29, 0.717) is 21.9 Å². The highest BCUT2D eigenvalue weighted by molar-refractivity contribution is 6.30. The summed E-state index contributed by atoms with van der Waals surface area (Å²) in [5.74, 6) is -0.821. The summed E-state index contributed by atoms with van der Waals surface area (Å²) in [6, 6.07) is 5.13. The zero-order valence-electron chi connectivity index (χ0n) is 12.0. The topological polar surface area (TPSA) is 76.1 Å². The number of amides is 1. The molecule has 0 unspecified atom stereocenters. The summed E-state index contributed by atoms with van der Waals surface area (Å²) in [6.07, 6.45) is 1.68. The van der Waals surface area contributed by atoms with E-state index in [2.05, 4.69) is 0 Å². The van der Waals surface area contributed by atoms with Crippen molar-refractivity contribution in [2.24, 2.45) is 0 Å². The molecule has 1 heterocycles. The lowest BCUT2D eigenvalue weighted by atomic mass is 10.1. The molecule has 0 radical (unpaired) electrons. The molecule has 0 aromatic heterocycles. The first-order chi connectivity index (χ1) is 10.5. The highest BCUT2D eigenvalue weighted by atomic mass is 35.5. The molecule has 0 aliphatic carbocycles. The highest BCUT2D eigenvalue weighted by Crippen LogP contribution is 2.29. The van der Waals surface area contributed by atoms with Gasteiger partial charge in [-0.25, -0.2) is 0 Å². The van der Waals surface area contributed by atoms with Gasteiger partial charge in [-0.1, -0.05) is 11.6 Å². The van der Waals surface area contributed by atoms with Crippen LogP contribution in [0.4, 0.5) is 0 Å². The van der Waals surface area contributed by atoms with E-state index in [1.807, 2.05) is 0 Å². The van der Waals surface area contributed by atoms with Gasteiger partial charge in [0.05, 0.1) is 12.2 Å². The second-order valence-electron chi connectivity index (χ2n) is 4.75. The summed E-state index contributed by atoms with van der Waals surface area (Å²) in [4.78, 5) is 24.6. The van der Waals surface area contributed by atoms with Crippen LogP contribution in [-0.2, 0) is 14.3 Å². The van der Waals surface area contributed by atoms with Crippen molar-refractivity contribution in [1.82, 2.24) is 4.90 Å². The average molecular weight is 326 g/mol. The van der Waals surface area contributed by atoms with Crippen molar-refractivity contribution in [2.45, 2.75) is 0 Å². The number of halogens is 1. The minimum absolute atomic E-state index is 0.0938. The van der Waals surface area contributed by atoms with Gasteiger partial charge in [0.1, 0.15) is 18.9 Å². The molecular weight excluding hydrogens is 310 g/mol. The lowest BCUT2D eigenvalue weighted by Crippen LogP contribution is -2.40. The number of carboxylic acids is 1. The summed E-state index contributed by atoms with van der Waals surface area (Å²) >= 11 is 5.93. The lowest BCUT2D eigenvalue weighted by Gasteiger charge is -2.24. The number of carboxylic acid groups (broad SMARTS) is 1. The molecule has 1 aromatic carbocycles. The van der Waals surface area contributed by atoms with Gasteiger partial charge in [-0.2, -0.15) is 0 Å². The third-order valence-corrected chi connectivity index (χ3v) is 3.37. The molecule has 118 valence electrons. The Morgan fingerprint density at radius 2 is 2.23 bits per heavy atom. The van der Waals surface area contributed by atoms with E-state index < -0.39 is 5.97 Å². The molecule has 1 amide bonds. The van der Waals surface area contributed by atoms with Crippen LogP contribution in [0.1, 0.15) is 5.56 Å². The first-order valence-electron chi connectivity index (χ1n) is 6.64. The monoisotopic (exact) mass is 325 g/mol. The summed E-state index contributed by atoms with van der Waals surface area (Å²) in [5.41, 5.74) is 1.08. The lowest BCUT2D eigenvalue weighted by molar-refractivity contribution is -0.143. The Morgan fingerprint density at radius 1 is 1.45 bits per heavy atom. The number of benzene rings is 1. The number of hydrogen-bond acceptors (Lipinski definition) is 4. The van der Waals surface area contributed by atoms with Crippen LogP contribution in [0.2, 0.25) is 5.02 Å². The standard InChI is InChI=1S/C15H16ClNO5/c1-21-5-4-17(8-14(18)19)15(20)11-6-10-7-12(16)2-3-13(10)22-9-11/h2-3,6-7H,4-5,8-9H2,1H3,(H,18,19). The number of rotatable bonds is 6. The number of carbonyl (C=O) groups is 2. The van der Waals surface area contributed by atoms with Crippen LogP contribution in [0, 0.1) is 0 Å². The summed E-state index contributed by atoms with van der Waals surface area (Å²) in [7, 11) is 1.49. The van der Waals surface area contributed by atoms with Gasteiger partial charge in [-0.15, -0.1) is 0 Å². The molecule has 1 aliphatic rings. The smallest absolute Gasteiger partial charge is 0.323 e. The Bertz CT molecular complexity index is 614. The predicted molar refractivity (Wildman–Crippen MR) is 81.0 cm³/mol. The number of hydrogen-bond donors (Lipinski definition) is 1. The van der Waals surface area contributed by atoms with E-state index in [1.165, 1.54) is 12.0 Å². The van der Waals surface area contributed by atoms with Gasteiger partial charge in [-0.05, 0) is 24.3 Å². The van der Waals surface area contributed by atoms with E-state index in [4.69, 9.17) is 26.2 Å². The molecule has 22 heavy (non-hydrogen) atoms. The van der Waals surface area contributed by atoms with E-state index in [1.54, 1.807) is 24.3 Å². The van der Waals surface area contributed by atoms with Crippen LogP contribution >= 0.6 is 11.6 Å². The van der Waals surface area contributed by atoms with Gasteiger partial charge in [-0.3, -0.25) is 9.59 Å². The third kappa shape index (κ3) is 3.99. The molecule has 6 nitrogen and oxygen atoms in total. The van der Waals surface area contributed by atoms with Crippen molar-refractivity contribution in [1.29, 1.82) is 0 Å². The van der Waals surface area contributed by atoms with Gasteiger partial charge in [0.15, 0.2) is 0 Å². The molecule has 0 atom stereocenters. The largest absolute Gasteiger partial charge is 0.488 e. The Hall–Kier alpha value is -2.05. The Balaban J connectivity index is 2.21. The predicted octanol–water partition coefficient (Wildman–Crippen LogP) is 1.68. The quantitative estimate of drug-likeness (QED) is 0.861. The van der Waals surface area contributed by atoms with Crippen LogP contribution in [-0.4, -0.2) is 55.3 Å². The molecule has 1 N–H and O–H groups in total. The average Bonchev–Trinajstić information content (AvgIpc) is 2.49. The van der Waals surface area contributed by atoms with Crippen molar-refractivity contribution in [3.63, 3.8) is 0 Å². The minimum Gasteiger partial charge on any atom is -0.488 e. The number of methoxy groups -OCH3 is 1. The van der Waals surface area contributed by atoms with Crippen molar-refractivity contribution in [3.8, 4) is 5.75 Å². The summed E-state index contributed by atoms with van der Waals surface area (Å²) in [6.45, 7) is 0.162.